The highest BCUT2D eigenvalue weighted by Crippen LogP contribution is 2.44. The maximum atomic E-state index is 12.9. The zero-order valence-corrected chi connectivity index (χ0v) is 19.6. The van der Waals surface area contributed by atoms with Crippen molar-refractivity contribution in [3.8, 4) is 11.1 Å². The number of carboxylic acid groups (broad SMARTS) is 1. The maximum Gasteiger partial charge on any atom is 0.410 e. The summed E-state index contributed by atoms with van der Waals surface area (Å²) in [4.78, 5) is 38.2. The number of carboxylic acids is 1. The van der Waals surface area contributed by atoms with Crippen LogP contribution in [0.15, 0.2) is 48.5 Å². The number of hydrogen-bond donors (Lipinski definition) is 2. The lowest BCUT2D eigenvalue weighted by molar-refractivity contribution is -0.144. The van der Waals surface area contributed by atoms with Crippen LogP contribution < -0.4 is 5.32 Å². The summed E-state index contributed by atoms with van der Waals surface area (Å²) in [5.41, 5.74) is 3.77. The van der Waals surface area contributed by atoms with E-state index in [-0.39, 0.29) is 25.5 Å². The van der Waals surface area contributed by atoms with Gasteiger partial charge in [-0.3, -0.25) is 4.90 Å². The third-order valence-corrected chi connectivity index (χ3v) is 6.18. The highest BCUT2D eigenvalue weighted by molar-refractivity contribution is 5.81. The van der Waals surface area contributed by atoms with Gasteiger partial charge in [0.1, 0.15) is 18.2 Å². The molecule has 2 aromatic carbocycles. The van der Waals surface area contributed by atoms with Gasteiger partial charge in [0.15, 0.2) is 0 Å². The Morgan fingerprint density at radius 2 is 1.62 bits per heavy atom. The fourth-order valence-corrected chi connectivity index (χ4v) is 4.70. The first-order valence-corrected chi connectivity index (χ1v) is 11.5. The van der Waals surface area contributed by atoms with E-state index in [9.17, 15) is 19.5 Å². The van der Waals surface area contributed by atoms with Crippen LogP contribution in [0.5, 0.6) is 0 Å². The van der Waals surface area contributed by atoms with Crippen LogP contribution in [-0.2, 0) is 14.3 Å². The van der Waals surface area contributed by atoms with Gasteiger partial charge >= 0.3 is 18.2 Å². The lowest BCUT2D eigenvalue weighted by Gasteiger charge is -2.37. The third kappa shape index (κ3) is 5.00. The fourth-order valence-electron chi connectivity index (χ4n) is 4.70. The Hall–Kier alpha value is -3.55. The number of aliphatic carboxylic acids is 1. The zero-order chi connectivity index (χ0) is 24.5. The summed E-state index contributed by atoms with van der Waals surface area (Å²) in [6, 6.07) is 14.6. The molecular formula is C26H30N2O6. The van der Waals surface area contributed by atoms with Crippen LogP contribution >= 0.6 is 0 Å². The first-order valence-electron chi connectivity index (χ1n) is 11.5. The molecule has 1 heterocycles. The van der Waals surface area contributed by atoms with Crippen LogP contribution in [0.2, 0.25) is 0 Å². The molecule has 34 heavy (non-hydrogen) atoms. The van der Waals surface area contributed by atoms with Crippen molar-refractivity contribution in [2.24, 2.45) is 0 Å². The largest absolute Gasteiger partial charge is 0.480 e. The number of benzene rings is 2. The average Bonchev–Trinajstić information content (AvgIpc) is 3.10. The Kier molecular flexibility index (Phi) is 6.50. The van der Waals surface area contributed by atoms with Gasteiger partial charge in [-0.15, -0.1) is 0 Å². The Morgan fingerprint density at radius 1 is 1.03 bits per heavy atom. The lowest BCUT2D eigenvalue weighted by Crippen LogP contribution is -2.55. The van der Waals surface area contributed by atoms with Gasteiger partial charge in [0.2, 0.25) is 0 Å². The number of alkyl carbamates (subject to hydrolysis) is 1. The monoisotopic (exact) mass is 466 g/mol. The Balaban J connectivity index is 1.41. The van der Waals surface area contributed by atoms with Crippen LogP contribution in [0.25, 0.3) is 11.1 Å². The minimum atomic E-state index is -1.14. The van der Waals surface area contributed by atoms with E-state index in [1.807, 2.05) is 36.4 Å². The number of nitrogens with zero attached hydrogens (tertiary/aromatic N) is 1. The summed E-state index contributed by atoms with van der Waals surface area (Å²) < 4.78 is 10.9. The molecule has 0 aromatic heterocycles. The summed E-state index contributed by atoms with van der Waals surface area (Å²) in [6.07, 6.45) is -0.771. The van der Waals surface area contributed by atoms with Crippen molar-refractivity contribution < 1.29 is 29.0 Å². The number of ether oxygens (including phenoxy) is 2. The molecule has 1 aliphatic carbocycles. The van der Waals surface area contributed by atoms with Crippen molar-refractivity contribution in [3.63, 3.8) is 0 Å². The predicted octanol–water partition coefficient (Wildman–Crippen LogP) is 4.38. The Labute approximate surface area is 198 Å². The summed E-state index contributed by atoms with van der Waals surface area (Å²) in [5, 5.41) is 12.5. The molecule has 1 saturated heterocycles. The van der Waals surface area contributed by atoms with E-state index >= 15 is 0 Å². The number of amides is 2. The van der Waals surface area contributed by atoms with E-state index in [4.69, 9.17) is 9.47 Å². The average molecular weight is 467 g/mol. The Bertz CT molecular complexity index is 1050. The summed E-state index contributed by atoms with van der Waals surface area (Å²) in [5.74, 6) is -1.24. The highest BCUT2D eigenvalue weighted by Gasteiger charge is 2.39. The normalized spacial score (nSPS) is 19.7. The SMILES string of the molecule is CC(C)(C)OC(=O)N[C@H]1CCN(C(=O)OCC2c3ccccc3-c3ccccc32)[C@@H](C(=O)O)C1. The standard InChI is InChI=1S/C26H30N2O6/c1-26(2,3)34-24(31)27-16-12-13-28(22(14-16)23(29)30)25(32)33-15-21-19-10-6-4-8-17(19)18-9-5-7-11-20(18)21/h4-11,16,21-22H,12-15H2,1-3H3,(H,27,31)(H,29,30)/t16-,22+/m0/s1. The zero-order valence-electron chi connectivity index (χ0n) is 19.6. The summed E-state index contributed by atoms with van der Waals surface area (Å²) in [7, 11) is 0. The second kappa shape index (κ2) is 9.37. The molecule has 8 nitrogen and oxygen atoms in total. The number of nitrogens with one attached hydrogen (secondary N) is 1. The number of carbonyl (C=O) groups excluding carboxylic acids is 2. The molecule has 0 unspecified atom stereocenters. The molecular weight excluding hydrogens is 436 g/mol. The van der Waals surface area contributed by atoms with Crippen molar-refractivity contribution in [2.75, 3.05) is 13.2 Å². The van der Waals surface area contributed by atoms with Crippen molar-refractivity contribution in [1.82, 2.24) is 10.2 Å². The smallest absolute Gasteiger partial charge is 0.410 e. The molecule has 0 bridgehead atoms. The number of likely N-dealkylation sites (tertiary alicyclic amines) is 1. The van der Waals surface area contributed by atoms with Gasteiger partial charge in [-0.2, -0.15) is 0 Å². The van der Waals surface area contributed by atoms with Crippen molar-refractivity contribution in [3.05, 3.63) is 59.7 Å². The van der Waals surface area contributed by atoms with Gasteiger partial charge < -0.3 is 19.9 Å². The number of fused-ring (bicyclic) bond motifs is 3. The molecule has 0 radical (unpaired) electrons. The number of piperidine rings is 1. The predicted molar refractivity (Wildman–Crippen MR) is 126 cm³/mol. The molecule has 2 aromatic rings. The second-order valence-electron chi connectivity index (χ2n) is 9.72. The topological polar surface area (TPSA) is 105 Å². The van der Waals surface area contributed by atoms with Crippen molar-refractivity contribution in [2.45, 2.75) is 57.2 Å². The van der Waals surface area contributed by atoms with Gasteiger partial charge in [-0.1, -0.05) is 48.5 Å². The molecule has 1 aliphatic heterocycles. The minimum absolute atomic E-state index is 0.0821. The van der Waals surface area contributed by atoms with Gasteiger partial charge in [-0.25, -0.2) is 14.4 Å². The number of hydrogen-bond acceptors (Lipinski definition) is 5. The summed E-state index contributed by atoms with van der Waals surface area (Å²) >= 11 is 0. The van der Waals surface area contributed by atoms with E-state index in [0.717, 1.165) is 22.3 Å². The highest BCUT2D eigenvalue weighted by atomic mass is 16.6. The van der Waals surface area contributed by atoms with Crippen LogP contribution in [0.3, 0.4) is 0 Å². The molecule has 2 atom stereocenters. The maximum absolute atomic E-state index is 12.9. The summed E-state index contributed by atoms with van der Waals surface area (Å²) in [6.45, 7) is 5.55. The van der Waals surface area contributed by atoms with E-state index < -0.39 is 35.8 Å². The van der Waals surface area contributed by atoms with Gasteiger partial charge in [0, 0.05) is 18.5 Å². The van der Waals surface area contributed by atoms with Crippen LogP contribution in [0.4, 0.5) is 9.59 Å². The van der Waals surface area contributed by atoms with Gasteiger partial charge in [0.25, 0.3) is 0 Å². The van der Waals surface area contributed by atoms with E-state index in [2.05, 4.69) is 17.4 Å². The van der Waals surface area contributed by atoms with Crippen molar-refractivity contribution in [1.29, 1.82) is 0 Å². The number of rotatable bonds is 4. The molecule has 2 amide bonds. The van der Waals surface area contributed by atoms with Gasteiger partial charge in [-0.05, 0) is 55.9 Å². The first kappa shape index (κ1) is 23.6. The minimum Gasteiger partial charge on any atom is -0.480 e. The van der Waals surface area contributed by atoms with E-state index in [1.54, 1.807) is 20.8 Å². The molecule has 8 heteroatoms. The third-order valence-electron chi connectivity index (χ3n) is 6.18. The number of carbonyl (C=O) groups is 3. The molecule has 180 valence electrons. The second-order valence-corrected chi connectivity index (χ2v) is 9.72. The van der Waals surface area contributed by atoms with E-state index in [1.165, 1.54) is 4.90 Å². The molecule has 0 saturated carbocycles. The lowest BCUT2D eigenvalue weighted by atomic mass is 9.97. The van der Waals surface area contributed by atoms with Crippen LogP contribution in [0.1, 0.15) is 50.7 Å². The van der Waals surface area contributed by atoms with Gasteiger partial charge in [0.05, 0.1) is 0 Å². The quantitative estimate of drug-likeness (QED) is 0.693. The molecule has 4 rings (SSSR count). The van der Waals surface area contributed by atoms with E-state index in [0.29, 0.717) is 6.42 Å². The van der Waals surface area contributed by atoms with Crippen LogP contribution in [-0.4, -0.2) is 59.0 Å². The Morgan fingerprint density at radius 3 is 2.18 bits per heavy atom. The fraction of sp³-hybridized carbons (Fsp3) is 0.423. The first-order chi connectivity index (χ1) is 16.1. The molecule has 1 fully saturated rings. The van der Waals surface area contributed by atoms with Crippen molar-refractivity contribution >= 4 is 18.2 Å². The molecule has 2 aliphatic rings. The van der Waals surface area contributed by atoms with Crippen LogP contribution in [0, 0.1) is 0 Å². The molecule has 2 N–H and O–H groups in total. The molecule has 0 spiro atoms.